The molecule has 0 spiro atoms. The molecule has 0 saturated heterocycles. The second-order valence-electron chi connectivity index (χ2n) is 12.7. The molecule has 0 amide bonds. The van der Waals surface area contributed by atoms with Gasteiger partial charge in [0.15, 0.2) is 0 Å². The molecule has 158 valence electrons. The SMILES string of the molecule is CC(C)(C)COC(OC(=O)C(CC(C)(C)C)C(C)(C)C)C1CC2CCC1C2. The van der Waals surface area contributed by atoms with Crippen molar-refractivity contribution in [3.05, 3.63) is 0 Å². The van der Waals surface area contributed by atoms with E-state index in [1.807, 2.05) is 0 Å². The first-order chi connectivity index (χ1) is 12.2. The van der Waals surface area contributed by atoms with Crippen LogP contribution >= 0.6 is 0 Å². The molecule has 3 nitrogen and oxygen atoms in total. The van der Waals surface area contributed by atoms with Crippen LogP contribution in [0.15, 0.2) is 0 Å². The Bertz CT molecular complexity index is 503. The lowest BCUT2D eigenvalue weighted by Gasteiger charge is -2.37. The number of ether oxygens (including phenoxy) is 2. The maximum Gasteiger partial charge on any atom is 0.311 e. The molecule has 0 heterocycles. The average Bonchev–Trinajstić information content (AvgIpc) is 3.08. The monoisotopic (exact) mass is 380 g/mol. The van der Waals surface area contributed by atoms with Crippen LogP contribution in [0.2, 0.25) is 0 Å². The highest BCUT2D eigenvalue weighted by atomic mass is 16.7. The number of carbonyl (C=O) groups is 1. The van der Waals surface area contributed by atoms with Gasteiger partial charge in [0.2, 0.25) is 6.29 Å². The predicted molar refractivity (Wildman–Crippen MR) is 111 cm³/mol. The van der Waals surface area contributed by atoms with Gasteiger partial charge in [-0.15, -0.1) is 0 Å². The minimum absolute atomic E-state index is 0.0666. The lowest BCUT2D eigenvalue weighted by atomic mass is 9.72. The van der Waals surface area contributed by atoms with E-state index in [1.54, 1.807) is 0 Å². The first kappa shape index (κ1) is 22.7. The largest absolute Gasteiger partial charge is 0.435 e. The standard InChI is InChI=1S/C24H44O3/c1-22(2,3)14-19(24(7,8)9)20(25)27-21(26-15-23(4,5)6)18-13-16-10-11-17(18)12-16/h16-19,21H,10-15H2,1-9H3. The van der Waals surface area contributed by atoms with E-state index in [2.05, 4.69) is 62.3 Å². The first-order valence-electron chi connectivity index (χ1n) is 11.0. The number of esters is 1. The third kappa shape index (κ3) is 6.76. The molecule has 2 bridgehead atoms. The van der Waals surface area contributed by atoms with Crippen molar-refractivity contribution in [3.8, 4) is 0 Å². The van der Waals surface area contributed by atoms with E-state index in [9.17, 15) is 4.79 Å². The Morgan fingerprint density at radius 3 is 1.96 bits per heavy atom. The molecule has 5 unspecified atom stereocenters. The quantitative estimate of drug-likeness (QED) is 0.392. The molecule has 0 aromatic rings. The summed E-state index contributed by atoms with van der Waals surface area (Å²) in [5.74, 6) is 1.68. The molecular weight excluding hydrogens is 336 g/mol. The summed E-state index contributed by atoms with van der Waals surface area (Å²) in [7, 11) is 0. The first-order valence-corrected chi connectivity index (χ1v) is 11.0. The average molecular weight is 381 g/mol. The number of rotatable bonds is 6. The Labute approximate surface area is 168 Å². The van der Waals surface area contributed by atoms with Gasteiger partial charge in [0.05, 0.1) is 12.5 Å². The number of hydrogen-bond acceptors (Lipinski definition) is 3. The summed E-state index contributed by atoms with van der Waals surface area (Å²) in [5, 5.41) is 0. The van der Waals surface area contributed by atoms with Gasteiger partial charge < -0.3 is 9.47 Å². The molecule has 0 aromatic heterocycles. The van der Waals surface area contributed by atoms with Gasteiger partial charge in [-0.1, -0.05) is 68.7 Å². The van der Waals surface area contributed by atoms with Crippen LogP contribution in [-0.4, -0.2) is 18.9 Å². The van der Waals surface area contributed by atoms with E-state index in [1.165, 1.54) is 19.3 Å². The molecule has 2 fully saturated rings. The predicted octanol–water partition coefficient (Wildman–Crippen LogP) is 6.45. The van der Waals surface area contributed by atoms with Crippen LogP contribution in [0.4, 0.5) is 0 Å². The van der Waals surface area contributed by atoms with Crippen molar-refractivity contribution < 1.29 is 14.3 Å². The van der Waals surface area contributed by atoms with E-state index < -0.39 is 0 Å². The fourth-order valence-electron chi connectivity index (χ4n) is 4.76. The van der Waals surface area contributed by atoms with Gasteiger partial charge in [0.25, 0.3) is 0 Å². The zero-order valence-corrected chi connectivity index (χ0v) is 19.4. The van der Waals surface area contributed by atoms with Gasteiger partial charge >= 0.3 is 5.97 Å². The summed E-state index contributed by atoms with van der Waals surface area (Å²) in [6.07, 6.45) is 5.52. The Hall–Kier alpha value is -0.570. The van der Waals surface area contributed by atoms with Crippen molar-refractivity contribution >= 4 is 5.97 Å². The number of carbonyl (C=O) groups excluding carboxylic acids is 1. The molecule has 2 rings (SSSR count). The van der Waals surface area contributed by atoms with Crippen LogP contribution in [0.5, 0.6) is 0 Å². The van der Waals surface area contributed by atoms with Crippen LogP contribution < -0.4 is 0 Å². The summed E-state index contributed by atoms with van der Waals surface area (Å²) in [6, 6.07) is 0. The van der Waals surface area contributed by atoms with Crippen molar-refractivity contribution in [1.29, 1.82) is 0 Å². The van der Waals surface area contributed by atoms with E-state index in [-0.39, 0.29) is 34.4 Å². The van der Waals surface area contributed by atoms with Gasteiger partial charge in [-0.25, -0.2) is 0 Å². The molecule has 0 aliphatic heterocycles. The highest BCUT2D eigenvalue weighted by Crippen LogP contribution is 2.50. The van der Waals surface area contributed by atoms with Crippen LogP contribution in [-0.2, 0) is 14.3 Å². The summed E-state index contributed by atoms with van der Waals surface area (Å²) in [5.41, 5.74) is 0.0376. The fraction of sp³-hybridized carbons (Fsp3) is 0.958. The van der Waals surface area contributed by atoms with Crippen molar-refractivity contribution in [2.45, 2.75) is 101 Å². The van der Waals surface area contributed by atoms with Gasteiger partial charge in [0.1, 0.15) is 0 Å². The van der Waals surface area contributed by atoms with E-state index in [0.717, 1.165) is 18.8 Å². The van der Waals surface area contributed by atoms with Crippen LogP contribution in [0, 0.1) is 39.9 Å². The van der Waals surface area contributed by atoms with Crippen molar-refractivity contribution in [3.63, 3.8) is 0 Å². The van der Waals surface area contributed by atoms with Crippen molar-refractivity contribution in [2.24, 2.45) is 39.9 Å². The van der Waals surface area contributed by atoms with Crippen LogP contribution in [0.1, 0.15) is 94.4 Å². The fourth-order valence-corrected chi connectivity index (χ4v) is 4.76. The van der Waals surface area contributed by atoms with Gasteiger partial charge in [-0.3, -0.25) is 4.79 Å². The molecule has 2 aliphatic rings. The summed E-state index contributed by atoms with van der Waals surface area (Å²) in [6.45, 7) is 20.2. The Morgan fingerprint density at radius 1 is 0.926 bits per heavy atom. The van der Waals surface area contributed by atoms with Gasteiger partial charge in [0, 0.05) is 5.92 Å². The lowest BCUT2D eigenvalue weighted by Crippen LogP contribution is -2.40. The minimum Gasteiger partial charge on any atom is -0.435 e. The third-order valence-corrected chi connectivity index (χ3v) is 6.20. The molecule has 5 atom stereocenters. The molecule has 27 heavy (non-hydrogen) atoms. The summed E-state index contributed by atoms with van der Waals surface area (Å²) >= 11 is 0. The van der Waals surface area contributed by atoms with Gasteiger partial charge in [-0.2, -0.15) is 0 Å². The normalized spacial score (nSPS) is 28.3. The Balaban J connectivity index is 2.13. The molecule has 3 heteroatoms. The second kappa shape index (κ2) is 8.05. The van der Waals surface area contributed by atoms with E-state index in [4.69, 9.17) is 9.47 Å². The van der Waals surface area contributed by atoms with E-state index in [0.29, 0.717) is 18.4 Å². The number of hydrogen-bond donors (Lipinski definition) is 0. The summed E-state index contributed by atoms with van der Waals surface area (Å²) < 4.78 is 12.4. The maximum absolute atomic E-state index is 13.3. The molecule has 0 N–H and O–H groups in total. The molecule has 2 aliphatic carbocycles. The third-order valence-electron chi connectivity index (χ3n) is 6.20. The van der Waals surface area contributed by atoms with Crippen LogP contribution in [0.25, 0.3) is 0 Å². The zero-order valence-electron chi connectivity index (χ0n) is 19.4. The summed E-state index contributed by atoms with van der Waals surface area (Å²) in [4.78, 5) is 13.3. The maximum atomic E-state index is 13.3. The number of fused-ring (bicyclic) bond motifs is 2. The Morgan fingerprint density at radius 2 is 1.56 bits per heavy atom. The topological polar surface area (TPSA) is 35.5 Å². The zero-order chi connectivity index (χ0) is 20.6. The van der Waals surface area contributed by atoms with Crippen LogP contribution in [0.3, 0.4) is 0 Å². The highest BCUT2D eigenvalue weighted by molar-refractivity contribution is 5.73. The lowest BCUT2D eigenvalue weighted by molar-refractivity contribution is -0.210. The Kier molecular flexibility index (Phi) is 6.77. The van der Waals surface area contributed by atoms with Gasteiger partial charge in [-0.05, 0) is 53.8 Å². The molecule has 2 saturated carbocycles. The highest BCUT2D eigenvalue weighted by Gasteiger charge is 2.46. The van der Waals surface area contributed by atoms with Crippen molar-refractivity contribution in [1.82, 2.24) is 0 Å². The van der Waals surface area contributed by atoms with Crippen molar-refractivity contribution in [2.75, 3.05) is 6.61 Å². The smallest absolute Gasteiger partial charge is 0.311 e. The molecule has 0 aromatic carbocycles. The molecule has 0 radical (unpaired) electrons. The second-order valence-corrected chi connectivity index (χ2v) is 12.7. The minimum atomic E-state index is -0.378. The van der Waals surface area contributed by atoms with E-state index >= 15 is 0 Å². The molecular formula is C24H44O3.